The van der Waals surface area contributed by atoms with Crippen LogP contribution in [0.5, 0.6) is 0 Å². The Labute approximate surface area is 145 Å². The van der Waals surface area contributed by atoms with Crippen LogP contribution >= 0.6 is 0 Å². The van der Waals surface area contributed by atoms with E-state index in [1.807, 2.05) is 0 Å². The molecule has 0 amide bonds. The highest BCUT2D eigenvalue weighted by molar-refractivity contribution is 5.56. The van der Waals surface area contributed by atoms with Gasteiger partial charge in [-0.15, -0.1) is 0 Å². The molecule has 130 valence electrons. The Hall–Kier alpha value is -0.780. The summed E-state index contributed by atoms with van der Waals surface area (Å²) in [6, 6.07) is 0. The number of rotatable bonds is 3. The lowest BCUT2D eigenvalue weighted by Crippen LogP contribution is -2.28. The van der Waals surface area contributed by atoms with Crippen LogP contribution in [0.3, 0.4) is 0 Å². The van der Waals surface area contributed by atoms with Gasteiger partial charge in [-0.25, -0.2) is 0 Å². The van der Waals surface area contributed by atoms with Crippen LogP contribution in [-0.2, 0) is 0 Å². The molecule has 0 N–H and O–H groups in total. The van der Waals surface area contributed by atoms with Crippen molar-refractivity contribution in [3.05, 3.63) is 33.9 Å². The number of hydrogen-bond acceptors (Lipinski definition) is 0. The van der Waals surface area contributed by atoms with E-state index < -0.39 is 0 Å². The predicted octanol–water partition coefficient (Wildman–Crippen LogP) is 7.62. The summed E-state index contributed by atoms with van der Waals surface area (Å²) in [4.78, 5) is 0. The average Bonchev–Trinajstić information content (AvgIpc) is 2.35. The van der Waals surface area contributed by atoms with Crippen LogP contribution in [0, 0.1) is 16.7 Å². The number of allylic oxidation sites excluding steroid dienone is 6. The fourth-order valence-corrected chi connectivity index (χ4v) is 5.06. The van der Waals surface area contributed by atoms with E-state index in [9.17, 15) is 0 Å². The molecular formula is C23H38. The van der Waals surface area contributed by atoms with Gasteiger partial charge < -0.3 is 0 Å². The Morgan fingerprint density at radius 2 is 1.22 bits per heavy atom. The van der Waals surface area contributed by atoms with Gasteiger partial charge in [-0.3, -0.25) is 0 Å². The summed E-state index contributed by atoms with van der Waals surface area (Å²) >= 11 is 0. The molecule has 0 aliphatic heterocycles. The van der Waals surface area contributed by atoms with Crippen LogP contribution in [0.15, 0.2) is 33.9 Å². The summed E-state index contributed by atoms with van der Waals surface area (Å²) < 4.78 is 0. The standard InChI is InChI=1S/C23H38/c1-16(2)15-19(20-17(3)11-9-13-22(20,5)6)21-18(4)12-10-14-23(21,7)8/h15-16H,9-14H2,1-8H3. The molecule has 0 heteroatoms. The maximum atomic E-state index is 2.57. The first-order valence-electron chi connectivity index (χ1n) is 9.69. The van der Waals surface area contributed by atoms with E-state index in [0.717, 1.165) is 0 Å². The molecule has 23 heavy (non-hydrogen) atoms. The molecule has 0 aromatic heterocycles. The quantitative estimate of drug-likeness (QED) is 0.502. The van der Waals surface area contributed by atoms with Crippen molar-refractivity contribution < 1.29 is 0 Å². The minimum atomic E-state index is 0.309. The van der Waals surface area contributed by atoms with Gasteiger partial charge in [0.15, 0.2) is 0 Å². The van der Waals surface area contributed by atoms with Crippen molar-refractivity contribution >= 4 is 0 Å². The third-order valence-corrected chi connectivity index (χ3v) is 5.95. The van der Waals surface area contributed by atoms with Crippen LogP contribution in [0.2, 0.25) is 0 Å². The topological polar surface area (TPSA) is 0 Å². The van der Waals surface area contributed by atoms with E-state index in [1.54, 1.807) is 27.9 Å². The summed E-state index contributed by atoms with van der Waals surface area (Å²) in [7, 11) is 0. The smallest absolute Gasteiger partial charge is 0.00981 e. The lowest BCUT2D eigenvalue weighted by atomic mass is 9.62. The Balaban J connectivity index is 2.69. The van der Waals surface area contributed by atoms with Gasteiger partial charge in [0.05, 0.1) is 0 Å². The Kier molecular flexibility index (Phi) is 5.34. The van der Waals surface area contributed by atoms with Gasteiger partial charge in [0.25, 0.3) is 0 Å². The fourth-order valence-electron chi connectivity index (χ4n) is 5.06. The lowest BCUT2D eigenvalue weighted by molar-refractivity contribution is 0.350. The van der Waals surface area contributed by atoms with E-state index in [2.05, 4.69) is 61.5 Å². The van der Waals surface area contributed by atoms with Gasteiger partial charge in [-0.1, -0.05) is 58.8 Å². The summed E-state index contributed by atoms with van der Waals surface area (Å²) in [5.74, 6) is 0.598. The SMILES string of the molecule is CC1=C(C(=CC(C)C)C2=C(C)CCCC2(C)C)C(C)(C)CCC1. The van der Waals surface area contributed by atoms with Crippen LogP contribution in [0.25, 0.3) is 0 Å². The van der Waals surface area contributed by atoms with E-state index in [-0.39, 0.29) is 0 Å². The third-order valence-electron chi connectivity index (χ3n) is 5.95. The van der Waals surface area contributed by atoms with Crippen molar-refractivity contribution in [3.8, 4) is 0 Å². The van der Waals surface area contributed by atoms with E-state index in [0.29, 0.717) is 16.7 Å². The zero-order valence-electron chi connectivity index (χ0n) is 16.9. The largest absolute Gasteiger partial charge is 0.0741 e. The van der Waals surface area contributed by atoms with Crippen molar-refractivity contribution in [1.29, 1.82) is 0 Å². The van der Waals surface area contributed by atoms with Gasteiger partial charge in [-0.2, -0.15) is 0 Å². The second kappa shape index (κ2) is 6.61. The van der Waals surface area contributed by atoms with Gasteiger partial charge in [0.1, 0.15) is 0 Å². The first-order valence-corrected chi connectivity index (χ1v) is 9.69. The van der Waals surface area contributed by atoms with Gasteiger partial charge in [0.2, 0.25) is 0 Å². The van der Waals surface area contributed by atoms with E-state index >= 15 is 0 Å². The molecule has 2 rings (SSSR count). The minimum Gasteiger partial charge on any atom is -0.0741 e. The predicted molar refractivity (Wildman–Crippen MR) is 104 cm³/mol. The summed E-state index contributed by atoms with van der Waals surface area (Å²) in [5, 5.41) is 0. The molecule has 0 aromatic carbocycles. The molecule has 0 heterocycles. The van der Waals surface area contributed by atoms with Crippen LogP contribution in [0.1, 0.15) is 93.9 Å². The maximum Gasteiger partial charge on any atom is -0.00981 e. The minimum absolute atomic E-state index is 0.309. The van der Waals surface area contributed by atoms with Gasteiger partial charge >= 0.3 is 0 Å². The molecule has 0 saturated heterocycles. The summed E-state index contributed by atoms with van der Waals surface area (Å²) in [6.07, 6.45) is 10.5. The molecule has 0 spiro atoms. The van der Waals surface area contributed by atoms with Crippen molar-refractivity contribution in [2.45, 2.75) is 93.9 Å². The van der Waals surface area contributed by atoms with E-state index in [1.165, 1.54) is 38.5 Å². The van der Waals surface area contributed by atoms with E-state index in [4.69, 9.17) is 0 Å². The molecule has 0 bridgehead atoms. The summed E-state index contributed by atoms with van der Waals surface area (Å²) in [6.45, 7) is 19.3. The normalized spacial score (nSPS) is 24.2. The molecule has 0 saturated carbocycles. The monoisotopic (exact) mass is 314 g/mol. The maximum absolute atomic E-state index is 2.57. The molecular weight excluding hydrogens is 276 g/mol. The molecule has 0 atom stereocenters. The molecule has 0 fully saturated rings. The molecule has 2 aliphatic rings. The zero-order valence-corrected chi connectivity index (χ0v) is 16.9. The van der Waals surface area contributed by atoms with Crippen molar-refractivity contribution in [1.82, 2.24) is 0 Å². The zero-order chi connectivity index (χ0) is 17.4. The number of hydrogen-bond donors (Lipinski definition) is 0. The average molecular weight is 315 g/mol. The first-order chi connectivity index (χ1) is 10.6. The van der Waals surface area contributed by atoms with Crippen molar-refractivity contribution in [2.75, 3.05) is 0 Å². The molecule has 0 nitrogen and oxygen atoms in total. The third kappa shape index (κ3) is 3.83. The van der Waals surface area contributed by atoms with Crippen LogP contribution < -0.4 is 0 Å². The highest BCUT2D eigenvalue weighted by Gasteiger charge is 2.37. The Bertz CT molecular complexity index is 503. The van der Waals surface area contributed by atoms with Gasteiger partial charge in [0, 0.05) is 0 Å². The van der Waals surface area contributed by atoms with Crippen molar-refractivity contribution in [3.63, 3.8) is 0 Å². The lowest BCUT2D eigenvalue weighted by Gasteiger charge is -2.42. The highest BCUT2D eigenvalue weighted by Crippen LogP contribution is 2.52. The first kappa shape index (κ1) is 18.6. The molecule has 0 radical (unpaired) electrons. The second-order valence-corrected chi connectivity index (χ2v) is 9.61. The fraction of sp³-hybridized carbons (Fsp3) is 0.739. The van der Waals surface area contributed by atoms with Crippen LogP contribution in [-0.4, -0.2) is 0 Å². The van der Waals surface area contributed by atoms with Gasteiger partial charge in [-0.05, 0) is 85.8 Å². The second-order valence-electron chi connectivity index (χ2n) is 9.61. The Morgan fingerprint density at radius 1 is 0.826 bits per heavy atom. The van der Waals surface area contributed by atoms with Crippen molar-refractivity contribution in [2.24, 2.45) is 16.7 Å². The molecule has 0 aromatic rings. The molecule has 0 unspecified atom stereocenters. The summed E-state index contributed by atoms with van der Waals surface area (Å²) in [5.41, 5.74) is 8.82. The molecule has 2 aliphatic carbocycles. The van der Waals surface area contributed by atoms with Crippen LogP contribution in [0.4, 0.5) is 0 Å². The Morgan fingerprint density at radius 3 is 1.52 bits per heavy atom. The highest BCUT2D eigenvalue weighted by atomic mass is 14.4.